The van der Waals surface area contributed by atoms with Crippen molar-refractivity contribution in [2.24, 2.45) is 0 Å². The van der Waals surface area contributed by atoms with Crippen LogP contribution in [0, 0.1) is 0 Å². The summed E-state index contributed by atoms with van der Waals surface area (Å²) in [5.74, 6) is -0.187. The maximum Gasteiger partial charge on any atom is 0.302 e. The molecule has 0 spiro atoms. The number of hydrogen-bond donors (Lipinski definition) is 0. The van der Waals surface area contributed by atoms with Gasteiger partial charge in [-0.3, -0.25) is 4.79 Å². The normalized spacial score (nSPS) is 23.1. The molecular weight excluding hydrogens is 148 g/mol. The van der Waals surface area contributed by atoms with Gasteiger partial charge in [-0.05, 0) is 11.8 Å². The minimum atomic E-state index is -0.187. The number of rotatable bonds is 2. The van der Waals surface area contributed by atoms with Gasteiger partial charge < -0.3 is 4.74 Å². The molecule has 0 saturated carbocycles. The molecule has 0 amide bonds. The largest absolute Gasteiger partial charge is 0.465 e. The zero-order valence-corrected chi connectivity index (χ0v) is 6.69. The van der Waals surface area contributed by atoms with Crippen LogP contribution in [0.25, 0.3) is 0 Å². The molecule has 0 aromatic heterocycles. The Balaban J connectivity index is 2.09. The molecule has 0 N–H and O–H groups in total. The van der Waals surface area contributed by atoms with E-state index in [1.54, 1.807) is 11.8 Å². The van der Waals surface area contributed by atoms with Gasteiger partial charge in [0.2, 0.25) is 0 Å². The van der Waals surface area contributed by atoms with Crippen LogP contribution >= 0.6 is 11.8 Å². The number of esters is 1. The second-order valence-electron chi connectivity index (χ2n) is 2.17. The summed E-state index contributed by atoms with van der Waals surface area (Å²) in [6.45, 7) is 1.99. The number of allylic oxidation sites excluding steroid dienone is 1. The van der Waals surface area contributed by atoms with E-state index in [0.717, 1.165) is 6.42 Å². The van der Waals surface area contributed by atoms with Crippen LogP contribution < -0.4 is 0 Å². The van der Waals surface area contributed by atoms with E-state index >= 15 is 0 Å². The fourth-order valence-electron chi connectivity index (χ4n) is 0.747. The molecule has 0 radical (unpaired) electrons. The minimum absolute atomic E-state index is 0.187. The zero-order chi connectivity index (χ0) is 7.40. The number of carbonyl (C=O) groups excluding carboxylic acids is 1. The van der Waals surface area contributed by atoms with Crippen molar-refractivity contribution < 1.29 is 9.53 Å². The van der Waals surface area contributed by atoms with Crippen molar-refractivity contribution in [2.75, 3.05) is 6.61 Å². The highest BCUT2D eigenvalue weighted by Gasteiger charge is 2.11. The van der Waals surface area contributed by atoms with Crippen LogP contribution in [0.5, 0.6) is 0 Å². The highest BCUT2D eigenvalue weighted by atomic mass is 32.2. The van der Waals surface area contributed by atoms with Crippen LogP contribution in [-0.4, -0.2) is 17.8 Å². The molecule has 0 aromatic carbocycles. The van der Waals surface area contributed by atoms with Gasteiger partial charge in [-0.25, -0.2) is 0 Å². The zero-order valence-electron chi connectivity index (χ0n) is 5.87. The first-order valence-electron chi connectivity index (χ1n) is 3.23. The summed E-state index contributed by atoms with van der Waals surface area (Å²) in [4.78, 5) is 10.3. The summed E-state index contributed by atoms with van der Waals surface area (Å²) >= 11 is 1.73. The van der Waals surface area contributed by atoms with E-state index < -0.39 is 0 Å². The third-order valence-corrected chi connectivity index (χ3v) is 2.30. The fraction of sp³-hybridized carbons (Fsp3) is 0.571. The topological polar surface area (TPSA) is 26.3 Å². The molecule has 3 heteroatoms. The summed E-state index contributed by atoms with van der Waals surface area (Å²) in [6, 6.07) is 0. The molecule has 1 unspecified atom stereocenters. The van der Waals surface area contributed by atoms with Gasteiger partial charge in [-0.1, -0.05) is 6.08 Å². The van der Waals surface area contributed by atoms with Gasteiger partial charge in [-0.2, -0.15) is 0 Å². The van der Waals surface area contributed by atoms with E-state index in [1.165, 1.54) is 6.92 Å². The maximum absolute atomic E-state index is 10.3. The summed E-state index contributed by atoms with van der Waals surface area (Å²) in [5, 5.41) is 2.51. The van der Waals surface area contributed by atoms with Crippen LogP contribution in [0.15, 0.2) is 11.5 Å². The highest BCUT2D eigenvalue weighted by Crippen LogP contribution is 2.23. The number of hydrogen-bond acceptors (Lipinski definition) is 3. The van der Waals surface area contributed by atoms with E-state index in [-0.39, 0.29) is 5.97 Å². The highest BCUT2D eigenvalue weighted by molar-refractivity contribution is 8.03. The second-order valence-corrected chi connectivity index (χ2v) is 3.38. The Morgan fingerprint density at radius 2 is 2.70 bits per heavy atom. The van der Waals surface area contributed by atoms with Gasteiger partial charge in [-0.15, -0.1) is 11.8 Å². The molecular formula is C7H10O2S. The third kappa shape index (κ3) is 2.43. The molecule has 1 rings (SSSR count). The lowest BCUT2D eigenvalue weighted by atomic mass is 10.3. The first kappa shape index (κ1) is 7.66. The Kier molecular flexibility index (Phi) is 2.81. The fourth-order valence-corrected chi connectivity index (χ4v) is 1.56. The average Bonchev–Trinajstić information content (AvgIpc) is 2.34. The Hall–Kier alpha value is -0.440. The lowest BCUT2D eigenvalue weighted by Gasteiger charge is -2.06. The molecule has 1 aliphatic heterocycles. The van der Waals surface area contributed by atoms with Crippen molar-refractivity contribution >= 4 is 17.7 Å². The van der Waals surface area contributed by atoms with Crippen LogP contribution in [0.1, 0.15) is 13.3 Å². The molecule has 2 nitrogen and oxygen atoms in total. The molecule has 0 fully saturated rings. The second kappa shape index (κ2) is 3.66. The molecule has 1 aliphatic rings. The van der Waals surface area contributed by atoms with Gasteiger partial charge in [0.05, 0.1) is 0 Å². The summed E-state index contributed by atoms with van der Waals surface area (Å²) in [6.07, 6.45) is 3.12. The number of thioether (sulfide) groups is 1. The molecule has 0 bridgehead atoms. The van der Waals surface area contributed by atoms with Crippen LogP contribution in [0.3, 0.4) is 0 Å². The summed E-state index contributed by atoms with van der Waals surface area (Å²) < 4.78 is 4.83. The standard InChI is InChI=1S/C7H10O2S/c1-6(8)9-5-7-3-2-4-10-7/h2,4,7H,3,5H2,1H3. The Morgan fingerprint density at radius 3 is 3.20 bits per heavy atom. The summed E-state index contributed by atoms with van der Waals surface area (Å²) in [5.41, 5.74) is 0. The van der Waals surface area contributed by atoms with E-state index in [4.69, 9.17) is 4.74 Å². The SMILES string of the molecule is CC(=O)OCC1CC=CS1. The molecule has 56 valence electrons. The van der Waals surface area contributed by atoms with E-state index in [2.05, 4.69) is 6.08 Å². The van der Waals surface area contributed by atoms with Crippen LogP contribution in [0.4, 0.5) is 0 Å². The minimum Gasteiger partial charge on any atom is -0.465 e. The quantitative estimate of drug-likeness (QED) is 0.570. The van der Waals surface area contributed by atoms with Crippen LogP contribution in [0.2, 0.25) is 0 Å². The Bertz CT molecular complexity index is 146. The van der Waals surface area contributed by atoms with E-state index in [9.17, 15) is 4.79 Å². The van der Waals surface area contributed by atoms with Crippen molar-refractivity contribution in [1.29, 1.82) is 0 Å². The van der Waals surface area contributed by atoms with Crippen molar-refractivity contribution in [3.63, 3.8) is 0 Å². The van der Waals surface area contributed by atoms with Gasteiger partial charge in [0, 0.05) is 12.2 Å². The molecule has 0 aromatic rings. The van der Waals surface area contributed by atoms with E-state index in [1.807, 2.05) is 5.41 Å². The third-order valence-electron chi connectivity index (χ3n) is 1.24. The average molecular weight is 158 g/mol. The maximum atomic E-state index is 10.3. The molecule has 10 heavy (non-hydrogen) atoms. The first-order chi connectivity index (χ1) is 4.79. The predicted molar refractivity (Wildman–Crippen MR) is 41.8 cm³/mol. The van der Waals surface area contributed by atoms with Crippen molar-refractivity contribution in [3.8, 4) is 0 Å². The molecule has 0 saturated heterocycles. The molecule has 1 heterocycles. The predicted octanol–water partition coefficient (Wildman–Crippen LogP) is 1.57. The smallest absolute Gasteiger partial charge is 0.302 e. The van der Waals surface area contributed by atoms with Crippen molar-refractivity contribution in [3.05, 3.63) is 11.5 Å². The lowest BCUT2D eigenvalue weighted by molar-refractivity contribution is -0.140. The number of carbonyl (C=O) groups is 1. The lowest BCUT2D eigenvalue weighted by Crippen LogP contribution is -2.11. The monoisotopic (exact) mass is 158 g/mol. The van der Waals surface area contributed by atoms with Gasteiger partial charge in [0.25, 0.3) is 0 Å². The Labute approximate surface area is 64.6 Å². The first-order valence-corrected chi connectivity index (χ1v) is 4.17. The Morgan fingerprint density at radius 1 is 1.90 bits per heavy atom. The number of ether oxygens (including phenoxy) is 1. The summed E-state index contributed by atoms with van der Waals surface area (Å²) in [7, 11) is 0. The van der Waals surface area contributed by atoms with Crippen molar-refractivity contribution in [2.45, 2.75) is 18.6 Å². The van der Waals surface area contributed by atoms with Gasteiger partial charge in [0.15, 0.2) is 0 Å². The van der Waals surface area contributed by atoms with Crippen molar-refractivity contribution in [1.82, 2.24) is 0 Å². The van der Waals surface area contributed by atoms with Crippen LogP contribution in [-0.2, 0) is 9.53 Å². The molecule has 0 aliphatic carbocycles. The van der Waals surface area contributed by atoms with E-state index in [0.29, 0.717) is 11.9 Å². The van der Waals surface area contributed by atoms with Gasteiger partial charge in [0.1, 0.15) is 6.61 Å². The molecule has 1 atom stereocenters. The van der Waals surface area contributed by atoms with Gasteiger partial charge >= 0.3 is 5.97 Å².